The van der Waals surface area contributed by atoms with Crippen molar-refractivity contribution in [3.63, 3.8) is 0 Å². The average Bonchev–Trinajstić information content (AvgIpc) is 3.25. The standard InChI is InChI=1S/C16H18N4OS2/c1-11-18-13(15-20(11)6-7-22-15)16(2)4-3-5-19(9-16)14(21)12-8-17-10-23-12/h6-8,10H,3-5,9H2,1-2H3. The molecule has 1 saturated heterocycles. The smallest absolute Gasteiger partial charge is 0.265 e. The molecular weight excluding hydrogens is 328 g/mol. The highest BCUT2D eigenvalue weighted by atomic mass is 32.1. The number of thiazole rings is 2. The van der Waals surface area contributed by atoms with Gasteiger partial charge in [-0.05, 0) is 19.8 Å². The summed E-state index contributed by atoms with van der Waals surface area (Å²) in [6.45, 7) is 5.80. The van der Waals surface area contributed by atoms with E-state index in [-0.39, 0.29) is 11.3 Å². The molecule has 0 saturated carbocycles. The fourth-order valence-electron chi connectivity index (χ4n) is 3.44. The molecule has 0 aromatic carbocycles. The molecule has 120 valence electrons. The number of hydrogen-bond donors (Lipinski definition) is 0. The summed E-state index contributed by atoms with van der Waals surface area (Å²) in [5.74, 6) is 1.11. The van der Waals surface area contributed by atoms with Crippen molar-refractivity contribution in [1.82, 2.24) is 19.3 Å². The highest BCUT2D eigenvalue weighted by Crippen LogP contribution is 2.37. The zero-order valence-electron chi connectivity index (χ0n) is 13.2. The Labute approximate surface area is 142 Å². The van der Waals surface area contributed by atoms with Crippen LogP contribution >= 0.6 is 22.7 Å². The van der Waals surface area contributed by atoms with Crippen LogP contribution in [0.3, 0.4) is 0 Å². The molecule has 1 aliphatic heterocycles. The van der Waals surface area contributed by atoms with Crippen LogP contribution in [0.1, 0.15) is 41.0 Å². The molecule has 23 heavy (non-hydrogen) atoms. The lowest BCUT2D eigenvalue weighted by Crippen LogP contribution is -2.47. The molecule has 0 spiro atoms. The Bertz CT molecular complexity index is 851. The Morgan fingerprint density at radius 3 is 3.04 bits per heavy atom. The van der Waals surface area contributed by atoms with Crippen LogP contribution in [0.2, 0.25) is 0 Å². The van der Waals surface area contributed by atoms with Crippen molar-refractivity contribution < 1.29 is 4.79 Å². The maximum Gasteiger partial charge on any atom is 0.265 e. The highest BCUT2D eigenvalue weighted by Gasteiger charge is 2.38. The van der Waals surface area contributed by atoms with Gasteiger partial charge in [-0.2, -0.15) is 0 Å². The largest absolute Gasteiger partial charge is 0.337 e. The van der Waals surface area contributed by atoms with E-state index in [9.17, 15) is 4.79 Å². The van der Waals surface area contributed by atoms with Crippen molar-refractivity contribution in [1.29, 1.82) is 0 Å². The summed E-state index contributed by atoms with van der Waals surface area (Å²) >= 11 is 3.13. The Balaban J connectivity index is 1.68. The Morgan fingerprint density at radius 2 is 2.26 bits per heavy atom. The van der Waals surface area contributed by atoms with E-state index in [1.54, 1.807) is 23.0 Å². The van der Waals surface area contributed by atoms with Crippen LogP contribution in [0.4, 0.5) is 0 Å². The minimum atomic E-state index is -0.0943. The highest BCUT2D eigenvalue weighted by molar-refractivity contribution is 7.15. The first kappa shape index (κ1) is 14.8. The van der Waals surface area contributed by atoms with Crippen molar-refractivity contribution in [3.05, 3.63) is 39.7 Å². The molecule has 0 radical (unpaired) electrons. The number of likely N-dealkylation sites (tertiary alicyclic amines) is 1. The summed E-state index contributed by atoms with van der Waals surface area (Å²) in [6, 6.07) is 0. The van der Waals surface area contributed by atoms with Crippen LogP contribution in [0.25, 0.3) is 4.83 Å². The molecule has 1 unspecified atom stereocenters. The van der Waals surface area contributed by atoms with E-state index in [0.717, 1.165) is 35.8 Å². The molecule has 0 N–H and O–H groups in total. The zero-order valence-corrected chi connectivity index (χ0v) is 14.8. The van der Waals surface area contributed by atoms with Gasteiger partial charge in [0.15, 0.2) is 0 Å². The van der Waals surface area contributed by atoms with E-state index in [4.69, 9.17) is 4.98 Å². The molecule has 4 heterocycles. The lowest BCUT2D eigenvalue weighted by atomic mass is 9.79. The number of nitrogens with zero attached hydrogens (tertiary/aromatic N) is 4. The number of rotatable bonds is 2. The van der Waals surface area contributed by atoms with Crippen molar-refractivity contribution >= 4 is 33.4 Å². The number of carbonyl (C=O) groups excluding carboxylic acids is 1. The number of aryl methyl sites for hydroxylation is 1. The van der Waals surface area contributed by atoms with Crippen molar-refractivity contribution in [2.75, 3.05) is 13.1 Å². The molecule has 0 bridgehead atoms. The summed E-state index contributed by atoms with van der Waals surface area (Å²) < 4.78 is 2.15. The molecule has 1 amide bonds. The molecule has 4 rings (SSSR count). The van der Waals surface area contributed by atoms with Crippen LogP contribution in [0, 0.1) is 6.92 Å². The lowest BCUT2D eigenvalue weighted by Gasteiger charge is -2.39. The predicted molar refractivity (Wildman–Crippen MR) is 92.4 cm³/mol. The second-order valence-electron chi connectivity index (χ2n) is 6.34. The third-order valence-corrected chi connectivity index (χ3v) is 6.26. The maximum atomic E-state index is 12.7. The van der Waals surface area contributed by atoms with E-state index < -0.39 is 0 Å². The minimum Gasteiger partial charge on any atom is -0.337 e. The Morgan fingerprint density at radius 1 is 1.39 bits per heavy atom. The number of piperidine rings is 1. The van der Waals surface area contributed by atoms with Gasteiger partial charge in [0.25, 0.3) is 5.91 Å². The van der Waals surface area contributed by atoms with Crippen molar-refractivity contribution in [3.8, 4) is 0 Å². The molecule has 3 aromatic heterocycles. The molecule has 7 heteroatoms. The number of amides is 1. The van der Waals surface area contributed by atoms with E-state index in [1.807, 2.05) is 11.8 Å². The first-order valence-corrected chi connectivity index (χ1v) is 9.45. The summed E-state index contributed by atoms with van der Waals surface area (Å²) in [7, 11) is 0. The minimum absolute atomic E-state index is 0.0942. The summed E-state index contributed by atoms with van der Waals surface area (Å²) in [5, 5.41) is 2.10. The van der Waals surface area contributed by atoms with Crippen LogP contribution in [-0.2, 0) is 5.41 Å². The van der Waals surface area contributed by atoms with Gasteiger partial charge in [0, 0.05) is 30.1 Å². The van der Waals surface area contributed by atoms with Crippen LogP contribution in [0.5, 0.6) is 0 Å². The topological polar surface area (TPSA) is 50.5 Å². The second-order valence-corrected chi connectivity index (χ2v) is 8.12. The number of imidazole rings is 1. The SMILES string of the molecule is Cc1nc(C2(C)CCCN(C(=O)c3cncs3)C2)c2sccn12. The van der Waals surface area contributed by atoms with Crippen molar-refractivity contribution in [2.45, 2.75) is 32.1 Å². The lowest BCUT2D eigenvalue weighted by molar-refractivity contribution is 0.0654. The van der Waals surface area contributed by atoms with Gasteiger partial charge >= 0.3 is 0 Å². The third-order valence-electron chi connectivity index (χ3n) is 4.63. The number of carbonyl (C=O) groups is 1. The second kappa shape index (κ2) is 5.42. The van der Waals surface area contributed by atoms with E-state index in [2.05, 4.69) is 27.9 Å². The van der Waals surface area contributed by atoms with E-state index in [1.165, 1.54) is 16.2 Å². The monoisotopic (exact) mass is 346 g/mol. The van der Waals surface area contributed by atoms with Crippen molar-refractivity contribution in [2.24, 2.45) is 0 Å². The predicted octanol–water partition coefficient (Wildman–Crippen LogP) is 3.35. The first-order chi connectivity index (χ1) is 11.1. The summed E-state index contributed by atoms with van der Waals surface area (Å²) in [6.07, 6.45) is 5.80. The molecule has 1 fully saturated rings. The Kier molecular flexibility index (Phi) is 3.50. The van der Waals surface area contributed by atoms with Crippen LogP contribution < -0.4 is 0 Å². The van der Waals surface area contributed by atoms with Gasteiger partial charge < -0.3 is 4.90 Å². The number of fused-ring (bicyclic) bond motifs is 1. The van der Waals surface area contributed by atoms with E-state index >= 15 is 0 Å². The van der Waals surface area contributed by atoms with Gasteiger partial charge in [-0.3, -0.25) is 14.2 Å². The van der Waals surface area contributed by atoms with Gasteiger partial charge in [-0.15, -0.1) is 22.7 Å². The zero-order chi connectivity index (χ0) is 16.0. The van der Waals surface area contributed by atoms with Gasteiger partial charge in [0.2, 0.25) is 0 Å². The summed E-state index contributed by atoms with van der Waals surface area (Å²) in [4.78, 5) is 25.4. The van der Waals surface area contributed by atoms with Gasteiger partial charge in [0.05, 0.1) is 17.4 Å². The van der Waals surface area contributed by atoms with Gasteiger partial charge in [0.1, 0.15) is 15.5 Å². The molecule has 5 nitrogen and oxygen atoms in total. The first-order valence-electron chi connectivity index (χ1n) is 7.69. The molecule has 1 aliphatic rings. The third kappa shape index (κ3) is 2.38. The molecule has 3 aromatic rings. The van der Waals surface area contributed by atoms with Crippen LogP contribution in [0.15, 0.2) is 23.3 Å². The average molecular weight is 346 g/mol. The quantitative estimate of drug-likeness (QED) is 0.715. The van der Waals surface area contributed by atoms with Gasteiger partial charge in [-0.1, -0.05) is 6.92 Å². The molecular formula is C16H18N4OS2. The normalized spacial score (nSPS) is 21.9. The molecule has 1 atom stereocenters. The summed E-state index contributed by atoms with van der Waals surface area (Å²) in [5.41, 5.74) is 2.75. The fourth-order valence-corrected chi connectivity index (χ4v) is 5.05. The Hall–Kier alpha value is -1.73. The van der Waals surface area contributed by atoms with Gasteiger partial charge in [-0.25, -0.2) is 4.98 Å². The maximum absolute atomic E-state index is 12.7. The number of hydrogen-bond acceptors (Lipinski definition) is 5. The fraction of sp³-hybridized carbons (Fsp3) is 0.438. The van der Waals surface area contributed by atoms with E-state index in [0.29, 0.717) is 6.54 Å². The van der Waals surface area contributed by atoms with Crippen LogP contribution in [-0.4, -0.2) is 38.3 Å². The molecule has 0 aliphatic carbocycles. The number of aromatic nitrogens is 3.